The fraction of sp³-hybridized carbons (Fsp3) is 0.667. The minimum atomic E-state index is -0.152. The fourth-order valence-electron chi connectivity index (χ4n) is 2.83. The number of fused-ring (bicyclic) bond motifs is 1. The van der Waals surface area contributed by atoms with Crippen molar-refractivity contribution in [3.05, 3.63) is 22.0 Å². The van der Waals surface area contributed by atoms with Crippen molar-refractivity contribution in [1.29, 1.82) is 0 Å². The quantitative estimate of drug-likeness (QED) is 0.867. The van der Waals surface area contributed by atoms with Crippen LogP contribution >= 0.6 is 11.6 Å². The Bertz CT molecular complexity index is 740. The van der Waals surface area contributed by atoms with E-state index >= 15 is 0 Å². The van der Waals surface area contributed by atoms with Gasteiger partial charge in [0.15, 0.2) is 5.65 Å². The van der Waals surface area contributed by atoms with Crippen LogP contribution < -0.4 is 5.69 Å². The molecule has 2 aromatic rings. The van der Waals surface area contributed by atoms with Gasteiger partial charge in [0, 0.05) is 19.1 Å². The van der Waals surface area contributed by atoms with E-state index in [-0.39, 0.29) is 22.6 Å². The number of halogens is 1. The van der Waals surface area contributed by atoms with Gasteiger partial charge in [-0.1, -0.05) is 0 Å². The third-order valence-corrected chi connectivity index (χ3v) is 4.21. The first-order valence-corrected chi connectivity index (χ1v) is 8.20. The summed E-state index contributed by atoms with van der Waals surface area (Å²) in [5.41, 5.74) is 0.913. The number of nitrogens with zero attached hydrogens (tertiary/aromatic N) is 4. The SMILES string of the molecule is CC(C)(C)OCN1CCC(n2c(=O)[nH]c3cnc(Cl)nc32)CC1. The smallest absolute Gasteiger partial charge is 0.327 e. The molecule has 3 rings (SSSR count). The van der Waals surface area contributed by atoms with E-state index in [1.165, 1.54) is 0 Å². The first kappa shape index (κ1) is 16.4. The van der Waals surface area contributed by atoms with Gasteiger partial charge in [0.2, 0.25) is 5.28 Å². The van der Waals surface area contributed by atoms with Gasteiger partial charge in [0.1, 0.15) is 5.52 Å². The molecule has 0 amide bonds. The lowest BCUT2D eigenvalue weighted by Gasteiger charge is -2.33. The number of nitrogens with one attached hydrogen (secondary N) is 1. The molecular weight excluding hydrogens is 318 g/mol. The molecule has 1 aliphatic heterocycles. The van der Waals surface area contributed by atoms with Crippen LogP contribution in [0.25, 0.3) is 11.2 Å². The Morgan fingerprint density at radius 3 is 2.74 bits per heavy atom. The number of ether oxygens (including phenoxy) is 1. The summed E-state index contributed by atoms with van der Waals surface area (Å²) in [5.74, 6) is 0. The molecule has 0 radical (unpaired) electrons. The summed E-state index contributed by atoms with van der Waals surface area (Å²) in [4.78, 5) is 25.4. The van der Waals surface area contributed by atoms with Crippen LogP contribution in [0.2, 0.25) is 5.28 Å². The fourth-order valence-corrected chi connectivity index (χ4v) is 2.95. The lowest BCUT2D eigenvalue weighted by atomic mass is 10.1. The van der Waals surface area contributed by atoms with Crippen molar-refractivity contribution in [3.8, 4) is 0 Å². The zero-order valence-electron chi connectivity index (χ0n) is 13.7. The van der Waals surface area contributed by atoms with E-state index in [4.69, 9.17) is 16.3 Å². The van der Waals surface area contributed by atoms with Crippen molar-refractivity contribution in [1.82, 2.24) is 24.4 Å². The van der Waals surface area contributed by atoms with E-state index in [1.807, 2.05) is 0 Å². The lowest BCUT2D eigenvalue weighted by molar-refractivity contribution is -0.0705. The number of piperidine rings is 1. The van der Waals surface area contributed by atoms with Gasteiger partial charge in [-0.3, -0.25) is 9.47 Å². The van der Waals surface area contributed by atoms with E-state index in [0.717, 1.165) is 25.9 Å². The molecule has 0 atom stereocenters. The third kappa shape index (κ3) is 3.73. The molecule has 0 aromatic carbocycles. The molecular formula is C15H22ClN5O2. The largest absolute Gasteiger partial charge is 0.360 e. The Hall–Kier alpha value is -1.44. The Balaban J connectivity index is 1.72. The maximum Gasteiger partial charge on any atom is 0.327 e. The predicted molar refractivity (Wildman–Crippen MR) is 88.7 cm³/mol. The van der Waals surface area contributed by atoms with E-state index in [2.05, 4.69) is 40.6 Å². The zero-order chi connectivity index (χ0) is 16.6. The predicted octanol–water partition coefficient (Wildman–Crippen LogP) is 2.18. The van der Waals surface area contributed by atoms with Gasteiger partial charge in [-0.25, -0.2) is 9.78 Å². The van der Waals surface area contributed by atoms with Crippen LogP contribution in [0.4, 0.5) is 0 Å². The number of likely N-dealkylation sites (tertiary alicyclic amines) is 1. The van der Waals surface area contributed by atoms with Crippen molar-refractivity contribution in [2.24, 2.45) is 0 Å². The highest BCUT2D eigenvalue weighted by atomic mass is 35.5. The highest BCUT2D eigenvalue weighted by Crippen LogP contribution is 2.24. The second-order valence-corrected chi connectivity index (χ2v) is 7.25. The maximum absolute atomic E-state index is 12.2. The van der Waals surface area contributed by atoms with Gasteiger partial charge in [0.25, 0.3) is 0 Å². The summed E-state index contributed by atoms with van der Waals surface area (Å²) in [7, 11) is 0. The van der Waals surface area contributed by atoms with Gasteiger partial charge in [-0.15, -0.1) is 0 Å². The second kappa shape index (κ2) is 6.22. The van der Waals surface area contributed by atoms with E-state index in [9.17, 15) is 4.79 Å². The molecule has 8 heteroatoms. The Kier molecular flexibility index (Phi) is 4.44. The minimum Gasteiger partial charge on any atom is -0.360 e. The van der Waals surface area contributed by atoms with E-state index < -0.39 is 0 Å². The molecule has 23 heavy (non-hydrogen) atoms. The van der Waals surface area contributed by atoms with E-state index in [0.29, 0.717) is 17.9 Å². The molecule has 2 aromatic heterocycles. The topological polar surface area (TPSA) is 76.0 Å². The molecule has 0 saturated carbocycles. The highest BCUT2D eigenvalue weighted by molar-refractivity contribution is 6.28. The molecule has 0 spiro atoms. The Labute approximate surface area is 139 Å². The minimum absolute atomic E-state index is 0.119. The summed E-state index contributed by atoms with van der Waals surface area (Å²) in [5, 5.41) is 0.154. The number of aromatic amines is 1. The Morgan fingerprint density at radius 1 is 1.39 bits per heavy atom. The van der Waals surface area contributed by atoms with Crippen LogP contribution in [-0.4, -0.2) is 49.8 Å². The summed E-state index contributed by atoms with van der Waals surface area (Å²) < 4.78 is 7.53. The third-order valence-electron chi connectivity index (χ3n) is 4.03. The van der Waals surface area contributed by atoms with Gasteiger partial charge < -0.3 is 9.72 Å². The second-order valence-electron chi connectivity index (χ2n) is 6.91. The molecule has 0 aliphatic carbocycles. The van der Waals surface area contributed by atoms with Crippen LogP contribution in [0.15, 0.2) is 11.0 Å². The molecule has 3 heterocycles. The molecule has 0 unspecified atom stereocenters. The highest BCUT2D eigenvalue weighted by Gasteiger charge is 2.25. The molecule has 1 N–H and O–H groups in total. The van der Waals surface area contributed by atoms with Gasteiger partial charge in [-0.2, -0.15) is 4.98 Å². The molecule has 0 bridgehead atoms. The average Bonchev–Trinajstić information content (AvgIpc) is 2.80. The summed E-state index contributed by atoms with van der Waals surface area (Å²) in [6.07, 6.45) is 3.30. The first-order chi connectivity index (χ1) is 10.8. The van der Waals surface area contributed by atoms with Crippen LogP contribution in [0.5, 0.6) is 0 Å². The monoisotopic (exact) mass is 339 g/mol. The van der Waals surface area contributed by atoms with Gasteiger partial charge in [-0.05, 0) is 45.2 Å². The summed E-state index contributed by atoms with van der Waals surface area (Å²) in [6.45, 7) is 8.54. The van der Waals surface area contributed by atoms with Crippen molar-refractivity contribution in [3.63, 3.8) is 0 Å². The van der Waals surface area contributed by atoms with Crippen molar-refractivity contribution < 1.29 is 4.74 Å². The number of rotatable bonds is 3. The zero-order valence-corrected chi connectivity index (χ0v) is 14.4. The number of hydrogen-bond acceptors (Lipinski definition) is 5. The van der Waals surface area contributed by atoms with E-state index in [1.54, 1.807) is 10.8 Å². The maximum atomic E-state index is 12.2. The number of hydrogen-bond donors (Lipinski definition) is 1. The van der Waals surface area contributed by atoms with Crippen LogP contribution in [0.3, 0.4) is 0 Å². The molecule has 126 valence electrons. The van der Waals surface area contributed by atoms with Crippen molar-refractivity contribution >= 4 is 22.8 Å². The number of aromatic nitrogens is 4. The first-order valence-electron chi connectivity index (χ1n) is 7.82. The van der Waals surface area contributed by atoms with Crippen LogP contribution in [0.1, 0.15) is 39.7 Å². The Morgan fingerprint density at radius 2 is 2.09 bits per heavy atom. The molecule has 1 aliphatic rings. The molecule has 1 fully saturated rings. The van der Waals surface area contributed by atoms with Crippen LogP contribution in [-0.2, 0) is 4.74 Å². The van der Waals surface area contributed by atoms with Gasteiger partial charge >= 0.3 is 5.69 Å². The number of imidazole rings is 1. The van der Waals surface area contributed by atoms with Gasteiger partial charge in [0.05, 0.1) is 18.5 Å². The van der Waals surface area contributed by atoms with Crippen LogP contribution in [0, 0.1) is 0 Å². The molecule has 7 nitrogen and oxygen atoms in total. The normalized spacial score (nSPS) is 17.9. The van der Waals surface area contributed by atoms with Crippen molar-refractivity contribution in [2.45, 2.75) is 45.3 Å². The molecule has 1 saturated heterocycles. The summed E-state index contributed by atoms with van der Waals surface area (Å²) >= 11 is 5.87. The van der Waals surface area contributed by atoms with Crippen molar-refractivity contribution in [2.75, 3.05) is 19.8 Å². The average molecular weight is 340 g/mol. The number of H-pyrrole nitrogens is 1. The lowest BCUT2D eigenvalue weighted by Crippen LogP contribution is -2.40. The summed E-state index contributed by atoms with van der Waals surface area (Å²) in [6, 6.07) is 0.119. The standard InChI is InChI=1S/C15H22ClN5O2/c1-15(2,3)23-9-20-6-4-10(5-7-20)21-12-11(18-14(21)22)8-17-13(16)19-12/h8,10H,4-7,9H2,1-3H3,(H,18,22).